The van der Waals surface area contributed by atoms with E-state index < -0.39 is 58.3 Å². The lowest BCUT2D eigenvalue weighted by Crippen LogP contribution is -2.86. The highest BCUT2D eigenvalue weighted by atomic mass is 19.4. The van der Waals surface area contributed by atoms with Gasteiger partial charge < -0.3 is 5.32 Å². The highest BCUT2D eigenvalue weighted by Crippen LogP contribution is 2.69. The number of alkyl halides is 11. The Morgan fingerprint density at radius 1 is 0.750 bits per heavy atom. The molecule has 0 saturated heterocycles. The van der Waals surface area contributed by atoms with E-state index in [1.54, 1.807) is 0 Å². The molecule has 0 unspecified atom stereocenters. The first-order valence-electron chi connectivity index (χ1n) is 6.97. The minimum Gasteiger partial charge on any atom is -0.323 e. The highest BCUT2D eigenvalue weighted by Gasteiger charge is 3.02. The van der Waals surface area contributed by atoms with Gasteiger partial charge in [0.05, 0.1) is 0 Å². The number of hydrogen-bond acceptors (Lipinski definition) is 1. The van der Waals surface area contributed by atoms with Crippen LogP contribution in [0.1, 0.15) is 5.56 Å². The van der Waals surface area contributed by atoms with Crippen LogP contribution in [0, 0.1) is 12.7 Å². The number of amides is 1. The second-order valence-corrected chi connectivity index (χ2v) is 5.90. The highest BCUT2D eigenvalue weighted by molar-refractivity contribution is 6.00. The summed E-state index contributed by atoms with van der Waals surface area (Å²) in [5.74, 6) is -41.5. The minimum atomic E-state index is -7.42. The van der Waals surface area contributed by atoms with Crippen molar-refractivity contribution in [2.45, 2.75) is 42.2 Å². The van der Waals surface area contributed by atoms with Gasteiger partial charge in [-0.3, -0.25) is 4.79 Å². The summed E-state index contributed by atoms with van der Waals surface area (Å²) in [6, 6.07) is 2.03. The van der Waals surface area contributed by atoms with E-state index in [0.717, 1.165) is 18.3 Å². The average molecular weight is 433 g/mol. The van der Waals surface area contributed by atoms with Crippen molar-refractivity contribution in [1.82, 2.24) is 0 Å². The van der Waals surface area contributed by atoms with Crippen LogP contribution in [0.25, 0.3) is 0 Å². The lowest BCUT2D eigenvalue weighted by molar-refractivity contribution is -0.475. The van der Waals surface area contributed by atoms with Gasteiger partial charge in [-0.05, 0) is 19.1 Å². The fraction of sp³-hybridized carbons (Fsp3) is 0.500. The van der Waals surface area contributed by atoms with E-state index in [0.29, 0.717) is 12.1 Å². The Morgan fingerprint density at radius 3 is 1.57 bits per heavy atom. The molecule has 0 spiro atoms. The first kappa shape index (κ1) is 22.1. The molecule has 158 valence electrons. The fourth-order valence-electron chi connectivity index (χ4n) is 2.46. The van der Waals surface area contributed by atoms with Gasteiger partial charge in [-0.2, -0.15) is 43.9 Å². The third-order valence-corrected chi connectivity index (χ3v) is 4.27. The Kier molecular flexibility index (Phi) is 4.50. The Hall–Kier alpha value is -2.15. The van der Waals surface area contributed by atoms with Gasteiger partial charge in [-0.25, -0.2) is 8.78 Å². The number of anilines is 1. The van der Waals surface area contributed by atoms with Gasteiger partial charge in [0.25, 0.3) is 5.91 Å². The molecular weight excluding hydrogens is 426 g/mol. The quantitative estimate of drug-likeness (QED) is 0.656. The molecule has 1 N–H and O–H groups in total. The lowest BCUT2D eigenvalue weighted by Gasteiger charge is -2.51. The van der Waals surface area contributed by atoms with Crippen LogP contribution in [-0.2, 0) is 4.79 Å². The van der Waals surface area contributed by atoms with Crippen molar-refractivity contribution in [1.29, 1.82) is 0 Å². The molecule has 1 aromatic carbocycles. The van der Waals surface area contributed by atoms with Gasteiger partial charge in [-0.15, -0.1) is 0 Å². The second-order valence-electron chi connectivity index (χ2n) is 5.90. The van der Waals surface area contributed by atoms with Crippen molar-refractivity contribution >= 4 is 11.6 Å². The summed E-state index contributed by atoms with van der Waals surface area (Å²) in [6.07, 6.45) is 0. The topological polar surface area (TPSA) is 29.1 Å². The molecule has 0 radical (unpaired) electrons. The van der Waals surface area contributed by atoms with E-state index in [2.05, 4.69) is 0 Å². The van der Waals surface area contributed by atoms with Gasteiger partial charge in [0.1, 0.15) is 5.82 Å². The monoisotopic (exact) mass is 433 g/mol. The third kappa shape index (κ3) is 2.16. The van der Waals surface area contributed by atoms with E-state index in [9.17, 15) is 57.5 Å². The number of carbonyl (C=O) groups is 1. The molecule has 1 saturated carbocycles. The SMILES string of the molecule is Cc1c(F)cccc1NC(=O)C1(F)C(F)(F)C(F)(F)C(F)(F)C(F)(F)C1(F)F. The number of carbonyl (C=O) groups excluding carboxylic acids is 1. The molecule has 0 atom stereocenters. The zero-order valence-electron chi connectivity index (χ0n) is 13.2. The summed E-state index contributed by atoms with van der Waals surface area (Å²) >= 11 is 0. The van der Waals surface area contributed by atoms with Crippen LogP contribution in [0.5, 0.6) is 0 Å². The predicted octanol–water partition coefficient (Wildman–Crippen LogP) is 4.97. The average Bonchev–Trinajstić information content (AvgIpc) is 2.56. The largest absolute Gasteiger partial charge is 0.384 e. The molecule has 1 aliphatic carbocycles. The molecule has 2 rings (SSSR count). The molecule has 1 aromatic rings. The number of hydrogen-bond donors (Lipinski definition) is 1. The molecule has 1 fully saturated rings. The second kappa shape index (κ2) is 5.69. The van der Waals surface area contributed by atoms with E-state index in [-0.39, 0.29) is 0 Å². The number of halogens is 12. The van der Waals surface area contributed by atoms with Crippen molar-refractivity contribution in [3.63, 3.8) is 0 Å². The number of rotatable bonds is 2. The van der Waals surface area contributed by atoms with Crippen LogP contribution in [-0.4, -0.2) is 41.2 Å². The van der Waals surface area contributed by atoms with Crippen LogP contribution in [0.2, 0.25) is 0 Å². The zero-order valence-corrected chi connectivity index (χ0v) is 13.2. The number of nitrogens with one attached hydrogen (secondary N) is 1. The Labute approximate surface area is 147 Å². The smallest absolute Gasteiger partial charge is 0.323 e. The van der Waals surface area contributed by atoms with Crippen molar-refractivity contribution < 1.29 is 57.5 Å². The van der Waals surface area contributed by atoms with Crippen molar-refractivity contribution in [3.05, 3.63) is 29.6 Å². The lowest BCUT2D eigenvalue weighted by atomic mass is 9.71. The first-order chi connectivity index (χ1) is 12.3. The first-order valence-corrected chi connectivity index (χ1v) is 6.97. The van der Waals surface area contributed by atoms with E-state index >= 15 is 0 Å². The van der Waals surface area contributed by atoms with Crippen molar-refractivity contribution in [2.75, 3.05) is 5.32 Å². The van der Waals surface area contributed by atoms with Crippen molar-refractivity contribution in [2.24, 2.45) is 0 Å². The summed E-state index contributed by atoms with van der Waals surface area (Å²) in [5, 5.41) is 0.850. The predicted molar refractivity (Wildman–Crippen MR) is 68.3 cm³/mol. The Bertz CT molecular complexity index is 789. The minimum absolute atomic E-state index is 0.601. The standard InChI is InChI=1S/C14H7F12NO/c1-5-6(15)3-2-4-7(5)27-8(28)9(16)10(17,18)12(21,22)14(25,26)13(23,24)11(9,19)20/h2-4H,1H3,(H,27,28). The van der Waals surface area contributed by atoms with Gasteiger partial charge in [0, 0.05) is 11.3 Å². The number of benzene rings is 1. The van der Waals surface area contributed by atoms with Gasteiger partial charge in [0.2, 0.25) is 0 Å². The molecule has 0 bridgehead atoms. The van der Waals surface area contributed by atoms with Crippen LogP contribution in [0.3, 0.4) is 0 Å². The maximum absolute atomic E-state index is 14.5. The molecular formula is C14H7F12NO. The van der Waals surface area contributed by atoms with Gasteiger partial charge in [0.15, 0.2) is 0 Å². The van der Waals surface area contributed by atoms with Crippen LogP contribution in [0.15, 0.2) is 18.2 Å². The van der Waals surface area contributed by atoms with Gasteiger partial charge in [-0.1, -0.05) is 6.07 Å². The van der Waals surface area contributed by atoms with Crippen LogP contribution < -0.4 is 5.32 Å². The van der Waals surface area contributed by atoms with E-state index in [1.807, 2.05) is 0 Å². The summed E-state index contributed by atoms with van der Waals surface area (Å²) in [5.41, 5.74) is -8.56. The summed E-state index contributed by atoms with van der Waals surface area (Å²) in [6.45, 7) is 0.796. The molecule has 1 amide bonds. The molecule has 28 heavy (non-hydrogen) atoms. The summed E-state index contributed by atoms with van der Waals surface area (Å²) < 4.78 is 162. The van der Waals surface area contributed by atoms with E-state index in [1.165, 1.54) is 0 Å². The Balaban J connectivity index is 2.71. The van der Waals surface area contributed by atoms with Crippen LogP contribution in [0.4, 0.5) is 58.4 Å². The summed E-state index contributed by atoms with van der Waals surface area (Å²) in [4.78, 5) is 11.7. The maximum Gasteiger partial charge on any atom is 0.384 e. The molecule has 0 heterocycles. The van der Waals surface area contributed by atoms with Gasteiger partial charge >= 0.3 is 35.3 Å². The Morgan fingerprint density at radius 2 is 1.14 bits per heavy atom. The molecule has 2 nitrogen and oxygen atoms in total. The normalized spacial score (nSPS) is 25.8. The zero-order chi connectivity index (χ0) is 22.1. The molecule has 1 aliphatic rings. The fourth-order valence-corrected chi connectivity index (χ4v) is 2.46. The maximum atomic E-state index is 14.5. The molecule has 14 heteroatoms. The molecule has 0 aliphatic heterocycles. The van der Waals surface area contributed by atoms with E-state index in [4.69, 9.17) is 0 Å². The van der Waals surface area contributed by atoms with Crippen LogP contribution >= 0.6 is 0 Å². The molecule has 0 aromatic heterocycles. The van der Waals surface area contributed by atoms with Crippen molar-refractivity contribution in [3.8, 4) is 0 Å². The third-order valence-electron chi connectivity index (χ3n) is 4.27. The summed E-state index contributed by atoms with van der Waals surface area (Å²) in [7, 11) is 0.